The molecule has 0 N–H and O–H groups in total. The van der Waals surface area contributed by atoms with Crippen LogP contribution >= 0.6 is 0 Å². The van der Waals surface area contributed by atoms with Crippen LogP contribution in [-0.2, 0) is 19.1 Å². The van der Waals surface area contributed by atoms with Crippen molar-refractivity contribution in [2.75, 3.05) is 13.2 Å². The SMILES string of the molecule is CCCCCCCCCCCCCCCCCCCCCCCC(=O)OCCC(C)COC(=O)CCCCCCCCCCCCCCCCCCCCCCC. The van der Waals surface area contributed by atoms with Crippen molar-refractivity contribution in [2.45, 2.75) is 310 Å². The molecule has 0 spiro atoms. The lowest BCUT2D eigenvalue weighted by Gasteiger charge is -2.12. The second-order valence-electron chi connectivity index (χ2n) is 18.4. The van der Waals surface area contributed by atoms with Gasteiger partial charge >= 0.3 is 11.9 Å². The number of carbonyl (C=O) groups excluding carboxylic acids is 2. The van der Waals surface area contributed by atoms with Crippen molar-refractivity contribution in [1.82, 2.24) is 0 Å². The highest BCUT2D eigenvalue weighted by atomic mass is 16.5. The molecule has 0 saturated carbocycles. The summed E-state index contributed by atoms with van der Waals surface area (Å²) >= 11 is 0. The molecule has 0 saturated heterocycles. The average Bonchev–Trinajstić information content (AvgIpc) is 3.21. The molecule has 0 aromatic carbocycles. The number of ether oxygens (including phenoxy) is 2. The third kappa shape index (κ3) is 49.2. The van der Waals surface area contributed by atoms with Gasteiger partial charge < -0.3 is 9.47 Å². The molecule has 0 bridgehead atoms. The topological polar surface area (TPSA) is 52.6 Å². The molecule has 57 heavy (non-hydrogen) atoms. The first-order chi connectivity index (χ1) is 28.1. The first-order valence-electron chi connectivity index (χ1n) is 26.4. The third-order valence-corrected chi connectivity index (χ3v) is 12.4. The third-order valence-electron chi connectivity index (χ3n) is 12.4. The average molecular weight is 805 g/mol. The van der Waals surface area contributed by atoms with Crippen LogP contribution in [0.2, 0.25) is 0 Å². The number of esters is 2. The van der Waals surface area contributed by atoms with Crippen LogP contribution in [0.15, 0.2) is 0 Å². The summed E-state index contributed by atoms with van der Waals surface area (Å²) in [5.74, 6) is 0.0595. The van der Waals surface area contributed by atoms with E-state index in [0.29, 0.717) is 26.1 Å². The predicted octanol–water partition coefficient (Wildman–Crippen LogP) is 18.3. The van der Waals surface area contributed by atoms with Gasteiger partial charge in [-0.05, 0) is 25.2 Å². The summed E-state index contributed by atoms with van der Waals surface area (Å²) < 4.78 is 11.0. The molecule has 0 heterocycles. The molecule has 1 atom stereocenters. The van der Waals surface area contributed by atoms with Gasteiger partial charge in [0.15, 0.2) is 0 Å². The molecule has 0 aliphatic carbocycles. The van der Waals surface area contributed by atoms with E-state index in [1.165, 1.54) is 244 Å². The minimum absolute atomic E-state index is 0.0770. The van der Waals surface area contributed by atoms with Crippen molar-refractivity contribution in [3.63, 3.8) is 0 Å². The fourth-order valence-corrected chi connectivity index (χ4v) is 8.24. The predicted molar refractivity (Wildman–Crippen MR) is 250 cm³/mol. The standard InChI is InChI=1S/C53H104O4/c1-4-6-8-10-12-14-16-18-20-22-24-26-28-30-32-34-36-38-40-42-44-46-52(54)56-49-48-51(3)50-57-53(55)47-45-43-41-39-37-35-33-31-29-27-25-23-21-19-17-15-13-11-9-7-5-2/h51H,4-50H2,1-3H3. The van der Waals surface area contributed by atoms with Crippen LogP contribution in [0.25, 0.3) is 0 Å². The molecule has 0 rings (SSSR count). The van der Waals surface area contributed by atoms with Gasteiger partial charge in [0.05, 0.1) is 13.2 Å². The molecule has 4 heteroatoms. The highest BCUT2D eigenvalue weighted by molar-refractivity contribution is 5.69. The maximum absolute atomic E-state index is 12.2. The smallest absolute Gasteiger partial charge is 0.305 e. The maximum atomic E-state index is 12.2. The van der Waals surface area contributed by atoms with Crippen LogP contribution in [0.5, 0.6) is 0 Å². The number of unbranched alkanes of at least 4 members (excludes halogenated alkanes) is 40. The van der Waals surface area contributed by atoms with Crippen molar-refractivity contribution < 1.29 is 19.1 Å². The van der Waals surface area contributed by atoms with E-state index in [0.717, 1.165) is 32.1 Å². The maximum Gasteiger partial charge on any atom is 0.305 e. The summed E-state index contributed by atoms with van der Waals surface area (Å²) in [6.45, 7) is 7.51. The van der Waals surface area contributed by atoms with Crippen LogP contribution in [0, 0.1) is 5.92 Å². The van der Waals surface area contributed by atoms with Crippen LogP contribution in [0.4, 0.5) is 0 Å². The Morgan fingerprint density at radius 2 is 0.526 bits per heavy atom. The Morgan fingerprint density at radius 1 is 0.316 bits per heavy atom. The van der Waals surface area contributed by atoms with Gasteiger partial charge in [0.1, 0.15) is 0 Å². The molecule has 0 radical (unpaired) electrons. The Bertz CT molecular complexity index is 781. The summed E-state index contributed by atoms with van der Waals surface area (Å²) in [5, 5.41) is 0. The van der Waals surface area contributed by atoms with E-state index >= 15 is 0 Å². The fraction of sp³-hybridized carbons (Fsp3) is 0.962. The first-order valence-corrected chi connectivity index (χ1v) is 26.4. The molecule has 340 valence electrons. The molecule has 0 aliphatic heterocycles. The van der Waals surface area contributed by atoms with E-state index in [1.54, 1.807) is 0 Å². The summed E-state index contributed by atoms with van der Waals surface area (Å²) in [5.41, 5.74) is 0. The van der Waals surface area contributed by atoms with E-state index in [-0.39, 0.29) is 17.9 Å². The zero-order valence-corrected chi connectivity index (χ0v) is 39.4. The van der Waals surface area contributed by atoms with Gasteiger partial charge in [0, 0.05) is 12.8 Å². The molecule has 1 unspecified atom stereocenters. The van der Waals surface area contributed by atoms with Crippen molar-refractivity contribution in [1.29, 1.82) is 0 Å². The zero-order valence-electron chi connectivity index (χ0n) is 39.4. The Kier molecular flexibility index (Phi) is 48.4. The molecular formula is C53H104O4. The second-order valence-corrected chi connectivity index (χ2v) is 18.4. The van der Waals surface area contributed by atoms with Crippen molar-refractivity contribution in [3.05, 3.63) is 0 Å². The van der Waals surface area contributed by atoms with Gasteiger partial charge in [-0.1, -0.05) is 278 Å². The van der Waals surface area contributed by atoms with Gasteiger partial charge in [-0.15, -0.1) is 0 Å². The minimum Gasteiger partial charge on any atom is -0.466 e. The van der Waals surface area contributed by atoms with Crippen LogP contribution in [0.1, 0.15) is 310 Å². The number of hydrogen-bond acceptors (Lipinski definition) is 4. The largest absolute Gasteiger partial charge is 0.466 e. The second kappa shape index (κ2) is 49.3. The van der Waals surface area contributed by atoms with E-state index in [9.17, 15) is 9.59 Å². The quantitative estimate of drug-likeness (QED) is 0.0454. The Hall–Kier alpha value is -1.06. The summed E-state index contributed by atoms with van der Waals surface area (Å²) in [4.78, 5) is 24.3. The van der Waals surface area contributed by atoms with Crippen LogP contribution < -0.4 is 0 Å². The summed E-state index contributed by atoms with van der Waals surface area (Å²) in [6, 6.07) is 0. The molecule has 0 aliphatic rings. The van der Waals surface area contributed by atoms with Gasteiger partial charge in [0.25, 0.3) is 0 Å². The Morgan fingerprint density at radius 3 is 0.772 bits per heavy atom. The molecule has 0 amide bonds. The van der Waals surface area contributed by atoms with E-state index in [2.05, 4.69) is 20.8 Å². The molecule has 0 aromatic heterocycles. The fourth-order valence-electron chi connectivity index (χ4n) is 8.24. The van der Waals surface area contributed by atoms with Crippen molar-refractivity contribution in [2.24, 2.45) is 5.92 Å². The highest BCUT2D eigenvalue weighted by Crippen LogP contribution is 2.18. The lowest BCUT2D eigenvalue weighted by atomic mass is 10.0. The number of rotatable bonds is 49. The summed E-state index contributed by atoms with van der Waals surface area (Å²) in [6.07, 6.45) is 59.3. The molecule has 0 aromatic rings. The number of carbonyl (C=O) groups is 2. The monoisotopic (exact) mass is 805 g/mol. The van der Waals surface area contributed by atoms with E-state index in [4.69, 9.17) is 9.47 Å². The lowest BCUT2D eigenvalue weighted by molar-refractivity contribution is -0.147. The van der Waals surface area contributed by atoms with E-state index in [1.807, 2.05) is 0 Å². The van der Waals surface area contributed by atoms with E-state index < -0.39 is 0 Å². The molecule has 4 nitrogen and oxygen atoms in total. The first kappa shape index (κ1) is 55.9. The molecular weight excluding hydrogens is 701 g/mol. The van der Waals surface area contributed by atoms with Gasteiger partial charge in [-0.3, -0.25) is 9.59 Å². The Balaban J connectivity index is 3.32. The van der Waals surface area contributed by atoms with Crippen molar-refractivity contribution in [3.8, 4) is 0 Å². The minimum atomic E-state index is -0.0774. The molecule has 0 fully saturated rings. The van der Waals surface area contributed by atoms with Crippen molar-refractivity contribution >= 4 is 11.9 Å². The summed E-state index contributed by atoms with van der Waals surface area (Å²) in [7, 11) is 0. The lowest BCUT2D eigenvalue weighted by Crippen LogP contribution is -2.15. The van der Waals surface area contributed by atoms with Gasteiger partial charge in [-0.25, -0.2) is 0 Å². The van der Waals surface area contributed by atoms with Crippen LogP contribution in [0.3, 0.4) is 0 Å². The Labute approximate surface area is 358 Å². The highest BCUT2D eigenvalue weighted by Gasteiger charge is 2.10. The van der Waals surface area contributed by atoms with Gasteiger partial charge in [0.2, 0.25) is 0 Å². The van der Waals surface area contributed by atoms with Gasteiger partial charge in [-0.2, -0.15) is 0 Å². The normalized spacial score (nSPS) is 12.0. The van der Waals surface area contributed by atoms with Crippen LogP contribution in [-0.4, -0.2) is 25.2 Å². The number of hydrogen-bond donors (Lipinski definition) is 0. The zero-order chi connectivity index (χ0) is 41.4.